The molecular formula is C17H18N2O4. The second-order valence-corrected chi connectivity index (χ2v) is 5.14. The molecule has 0 saturated heterocycles. The van der Waals surface area contributed by atoms with Gasteiger partial charge in [-0.05, 0) is 18.1 Å². The summed E-state index contributed by atoms with van der Waals surface area (Å²) in [5, 5.41) is 22.7. The van der Waals surface area contributed by atoms with Gasteiger partial charge in [-0.3, -0.25) is 14.9 Å². The van der Waals surface area contributed by atoms with E-state index in [0.29, 0.717) is 13.0 Å². The first kappa shape index (κ1) is 16.6. The number of rotatable bonds is 7. The van der Waals surface area contributed by atoms with Crippen LogP contribution in [0.25, 0.3) is 0 Å². The number of nitro groups is 1. The number of hydrogen-bond donors (Lipinski definition) is 2. The number of benzene rings is 2. The molecule has 0 saturated carbocycles. The van der Waals surface area contributed by atoms with Crippen LogP contribution in [0.15, 0.2) is 54.6 Å². The lowest BCUT2D eigenvalue weighted by Crippen LogP contribution is -2.28. The summed E-state index contributed by atoms with van der Waals surface area (Å²) in [6.45, 7) is 0.373. The Morgan fingerprint density at radius 1 is 1.17 bits per heavy atom. The molecule has 0 aliphatic rings. The van der Waals surface area contributed by atoms with Gasteiger partial charge in [0, 0.05) is 36.8 Å². The Labute approximate surface area is 133 Å². The molecule has 0 bridgehead atoms. The zero-order valence-corrected chi connectivity index (χ0v) is 12.5. The average Bonchev–Trinajstić information content (AvgIpc) is 2.59. The predicted octanol–water partition coefficient (Wildman–Crippen LogP) is 2.49. The van der Waals surface area contributed by atoms with Crippen LogP contribution in [-0.2, 0) is 0 Å². The van der Waals surface area contributed by atoms with Gasteiger partial charge in [-0.15, -0.1) is 0 Å². The maximum Gasteiger partial charge on any atom is 0.270 e. The standard InChI is InChI=1S/C17H18N2O4/c20-10-9-15(13-5-2-1-3-6-13)12-18-17(21)14-7-4-8-16(11-14)19(22)23/h1-8,11,15,20H,9-10,12H2,(H,18,21). The molecule has 0 aliphatic carbocycles. The van der Waals surface area contributed by atoms with Crippen molar-refractivity contribution in [3.63, 3.8) is 0 Å². The lowest BCUT2D eigenvalue weighted by Gasteiger charge is -2.17. The molecule has 1 atom stereocenters. The number of hydrogen-bond acceptors (Lipinski definition) is 4. The van der Waals surface area contributed by atoms with Gasteiger partial charge in [-0.25, -0.2) is 0 Å². The lowest BCUT2D eigenvalue weighted by atomic mass is 9.96. The summed E-state index contributed by atoms with van der Waals surface area (Å²) in [4.78, 5) is 22.4. The first-order valence-electron chi connectivity index (χ1n) is 7.30. The van der Waals surface area contributed by atoms with Crippen molar-refractivity contribution in [2.45, 2.75) is 12.3 Å². The Hall–Kier alpha value is -2.73. The van der Waals surface area contributed by atoms with Gasteiger partial charge in [-0.1, -0.05) is 36.4 Å². The third-order valence-electron chi connectivity index (χ3n) is 3.58. The van der Waals surface area contributed by atoms with Crippen LogP contribution in [0.5, 0.6) is 0 Å². The van der Waals surface area contributed by atoms with Gasteiger partial charge in [0.1, 0.15) is 0 Å². The highest BCUT2D eigenvalue weighted by atomic mass is 16.6. The van der Waals surface area contributed by atoms with Crippen molar-refractivity contribution < 1.29 is 14.8 Å². The van der Waals surface area contributed by atoms with E-state index in [-0.39, 0.29) is 29.7 Å². The monoisotopic (exact) mass is 314 g/mol. The fraction of sp³-hybridized carbons (Fsp3) is 0.235. The van der Waals surface area contributed by atoms with Crippen LogP contribution in [0.4, 0.5) is 5.69 Å². The summed E-state index contributed by atoms with van der Waals surface area (Å²) in [5.74, 6) is -0.378. The molecule has 0 fully saturated rings. The zero-order chi connectivity index (χ0) is 16.7. The second-order valence-electron chi connectivity index (χ2n) is 5.14. The molecule has 2 aromatic carbocycles. The molecule has 120 valence electrons. The number of aliphatic hydroxyl groups is 1. The summed E-state index contributed by atoms with van der Waals surface area (Å²) in [7, 11) is 0. The smallest absolute Gasteiger partial charge is 0.270 e. The van der Waals surface area contributed by atoms with Gasteiger partial charge in [0.05, 0.1) is 4.92 Å². The fourth-order valence-electron chi connectivity index (χ4n) is 2.35. The summed E-state index contributed by atoms with van der Waals surface area (Å²) < 4.78 is 0. The summed E-state index contributed by atoms with van der Waals surface area (Å²) in [6.07, 6.45) is 0.527. The minimum atomic E-state index is -0.532. The van der Waals surface area contributed by atoms with E-state index in [4.69, 9.17) is 0 Å². The topological polar surface area (TPSA) is 92.5 Å². The predicted molar refractivity (Wildman–Crippen MR) is 86.3 cm³/mol. The quantitative estimate of drug-likeness (QED) is 0.606. The van der Waals surface area contributed by atoms with Crippen molar-refractivity contribution in [1.29, 1.82) is 0 Å². The van der Waals surface area contributed by atoms with Crippen LogP contribution in [0.3, 0.4) is 0 Å². The molecular weight excluding hydrogens is 296 g/mol. The summed E-state index contributed by atoms with van der Waals surface area (Å²) >= 11 is 0. The van der Waals surface area contributed by atoms with Crippen LogP contribution in [0.2, 0.25) is 0 Å². The number of nitrogens with one attached hydrogen (secondary N) is 1. The number of aliphatic hydroxyl groups excluding tert-OH is 1. The van der Waals surface area contributed by atoms with Crippen LogP contribution < -0.4 is 5.32 Å². The maximum atomic E-state index is 12.2. The third kappa shape index (κ3) is 4.62. The Kier molecular flexibility index (Phi) is 5.82. The number of amides is 1. The van der Waals surface area contributed by atoms with E-state index in [1.54, 1.807) is 0 Å². The van der Waals surface area contributed by atoms with Crippen molar-refractivity contribution in [3.8, 4) is 0 Å². The van der Waals surface area contributed by atoms with Crippen LogP contribution in [0, 0.1) is 10.1 Å². The first-order chi connectivity index (χ1) is 11.1. The molecule has 6 nitrogen and oxygen atoms in total. The van der Waals surface area contributed by atoms with Gasteiger partial charge in [0.2, 0.25) is 0 Å². The number of nitro benzene ring substituents is 1. The molecule has 2 N–H and O–H groups in total. The Morgan fingerprint density at radius 2 is 1.91 bits per heavy atom. The Balaban J connectivity index is 2.04. The third-order valence-corrected chi connectivity index (χ3v) is 3.58. The molecule has 6 heteroatoms. The van der Waals surface area contributed by atoms with E-state index < -0.39 is 4.92 Å². The van der Waals surface area contributed by atoms with E-state index in [1.165, 1.54) is 24.3 Å². The molecule has 0 aliphatic heterocycles. The van der Waals surface area contributed by atoms with Gasteiger partial charge < -0.3 is 10.4 Å². The molecule has 0 aromatic heterocycles. The molecule has 0 radical (unpaired) electrons. The van der Waals surface area contributed by atoms with Crippen LogP contribution in [0.1, 0.15) is 28.3 Å². The zero-order valence-electron chi connectivity index (χ0n) is 12.5. The molecule has 1 unspecified atom stereocenters. The number of non-ortho nitro benzene ring substituents is 1. The van der Waals surface area contributed by atoms with Crippen molar-refractivity contribution in [2.75, 3.05) is 13.2 Å². The summed E-state index contributed by atoms with van der Waals surface area (Å²) in [6, 6.07) is 15.2. The summed E-state index contributed by atoms with van der Waals surface area (Å²) in [5.41, 5.74) is 1.16. The molecule has 2 rings (SSSR count). The highest BCUT2D eigenvalue weighted by Crippen LogP contribution is 2.19. The average molecular weight is 314 g/mol. The molecule has 0 heterocycles. The number of nitrogens with zero attached hydrogens (tertiary/aromatic N) is 1. The van der Waals surface area contributed by atoms with Gasteiger partial charge in [-0.2, -0.15) is 0 Å². The van der Waals surface area contributed by atoms with Crippen LogP contribution in [-0.4, -0.2) is 29.1 Å². The highest BCUT2D eigenvalue weighted by Gasteiger charge is 2.15. The van der Waals surface area contributed by atoms with Crippen molar-refractivity contribution in [2.24, 2.45) is 0 Å². The highest BCUT2D eigenvalue weighted by molar-refractivity contribution is 5.94. The van der Waals surface area contributed by atoms with E-state index in [1.807, 2.05) is 30.3 Å². The fourth-order valence-corrected chi connectivity index (χ4v) is 2.35. The normalized spacial score (nSPS) is 11.7. The van der Waals surface area contributed by atoms with Gasteiger partial charge >= 0.3 is 0 Å². The molecule has 1 amide bonds. The Bertz CT molecular complexity index is 673. The number of carbonyl (C=O) groups excluding carboxylic acids is 1. The minimum Gasteiger partial charge on any atom is -0.396 e. The van der Waals surface area contributed by atoms with Crippen molar-refractivity contribution >= 4 is 11.6 Å². The Morgan fingerprint density at radius 3 is 2.57 bits per heavy atom. The maximum absolute atomic E-state index is 12.2. The van der Waals surface area contributed by atoms with Crippen LogP contribution >= 0.6 is 0 Å². The minimum absolute atomic E-state index is 0.0103. The largest absolute Gasteiger partial charge is 0.396 e. The molecule has 23 heavy (non-hydrogen) atoms. The first-order valence-corrected chi connectivity index (χ1v) is 7.30. The van der Waals surface area contributed by atoms with E-state index in [2.05, 4.69) is 5.32 Å². The second kappa shape index (κ2) is 8.05. The van der Waals surface area contributed by atoms with Crippen molar-refractivity contribution in [3.05, 3.63) is 75.8 Å². The van der Waals surface area contributed by atoms with Gasteiger partial charge in [0.25, 0.3) is 11.6 Å². The number of carbonyl (C=O) groups is 1. The van der Waals surface area contributed by atoms with E-state index in [9.17, 15) is 20.0 Å². The van der Waals surface area contributed by atoms with Crippen molar-refractivity contribution in [1.82, 2.24) is 5.32 Å². The molecule has 0 spiro atoms. The molecule has 2 aromatic rings. The van der Waals surface area contributed by atoms with E-state index in [0.717, 1.165) is 5.56 Å². The van der Waals surface area contributed by atoms with Gasteiger partial charge in [0.15, 0.2) is 0 Å². The SMILES string of the molecule is O=C(NCC(CCO)c1ccccc1)c1cccc([N+](=O)[O-])c1. The van der Waals surface area contributed by atoms with E-state index >= 15 is 0 Å². The lowest BCUT2D eigenvalue weighted by molar-refractivity contribution is -0.384.